The molecule has 49 heavy (non-hydrogen) atoms. The van der Waals surface area contributed by atoms with Crippen molar-refractivity contribution in [2.24, 2.45) is 0 Å². The van der Waals surface area contributed by atoms with Crippen molar-refractivity contribution in [3.8, 4) is 51.7 Å². The standard InChI is InChI=1S/C39H44N2O8/c1-40-15-13-26-28(20-34(44-4)38(46-6)36(26)42)31(40)18-24-9-12-32(43-3)33(19-24)49-25-10-7-23(8-11-25)17-30-29-21-35-39(48-22-47-35)37(45-5)27(29)14-16-41(30)2/h7-12,19-21,30-31,42H,13-18,22H2,1-6H3/t30-,31-/m0/s1. The van der Waals surface area contributed by atoms with Crippen LogP contribution in [0.3, 0.4) is 0 Å². The molecule has 0 aromatic heterocycles. The van der Waals surface area contributed by atoms with Gasteiger partial charge in [0.05, 0.1) is 28.4 Å². The number of benzene rings is 4. The molecule has 0 fully saturated rings. The van der Waals surface area contributed by atoms with Crippen molar-refractivity contribution >= 4 is 0 Å². The van der Waals surface area contributed by atoms with Crippen molar-refractivity contribution in [1.82, 2.24) is 9.80 Å². The van der Waals surface area contributed by atoms with E-state index in [1.54, 1.807) is 28.4 Å². The Bertz CT molecular complexity index is 1840. The highest BCUT2D eigenvalue weighted by atomic mass is 16.7. The highest BCUT2D eigenvalue weighted by molar-refractivity contribution is 5.62. The maximum Gasteiger partial charge on any atom is 0.231 e. The van der Waals surface area contributed by atoms with E-state index in [1.807, 2.05) is 30.3 Å². The van der Waals surface area contributed by atoms with Crippen molar-refractivity contribution in [2.45, 2.75) is 37.8 Å². The van der Waals surface area contributed by atoms with Crippen LogP contribution in [0.15, 0.2) is 54.6 Å². The van der Waals surface area contributed by atoms with Crippen molar-refractivity contribution in [2.75, 3.05) is 62.4 Å². The fourth-order valence-electron chi connectivity index (χ4n) is 7.52. The highest BCUT2D eigenvalue weighted by Crippen LogP contribution is 2.50. The van der Waals surface area contributed by atoms with Crippen LogP contribution in [0.25, 0.3) is 0 Å². The van der Waals surface area contributed by atoms with Crippen molar-refractivity contribution in [3.63, 3.8) is 0 Å². The molecule has 0 amide bonds. The van der Waals surface area contributed by atoms with Gasteiger partial charge in [-0.1, -0.05) is 18.2 Å². The summed E-state index contributed by atoms with van der Waals surface area (Å²) in [6.45, 7) is 1.95. The summed E-state index contributed by atoms with van der Waals surface area (Å²) >= 11 is 0. The molecule has 10 nitrogen and oxygen atoms in total. The number of fused-ring (bicyclic) bond motifs is 3. The molecule has 0 bridgehead atoms. The van der Waals surface area contributed by atoms with Crippen LogP contribution >= 0.6 is 0 Å². The number of rotatable bonds is 10. The number of aromatic hydroxyl groups is 1. The van der Waals surface area contributed by atoms with Gasteiger partial charge in [-0.15, -0.1) is 0 Å². The van der Waals surface area contributed by atoms with Gasteiger partial charge in [0.25, 0.3) is 0 Å². The molecule has 3 aliphatic heterocycles. The molecular formula is C39H44N2O8. The molecule has 1 N–H and O–H groups in total. The summed E-state index contributed by atoms with van der Waals surface area (Å²) in [5.41, 5.74) is 6.63. The largest absolute Gasteiger partial charge is 0.504 e. The van der Waals surface area contributed by atoms with Gasteiger partial charge in [0.2, 0.25) is 18.3 Å². The third kappa shape index (κ3) is 6.04. The molecule has 7 rings (SSSR count). The van der Waals surface area contributed by atoms with Crippen LogP contribution in [-0.2, 0) is 25.7 Å². The van der Waals surface area contributed by atoms with E-state index in [2.05, 4.69) is 48.2 Å². The lowest BCUT2D eigenvalue weighted by atomic mass is 9.87. The number of ether oxygens (including phenoxy) is 7. The Hall–Kier alpha value is -4.80. The summed E-state index contributed by atoms with van der Waals surface area (Å²) in [6, 6.07) is 18.6. The summed E-state index contributed by atoms with van der Waals surface area (Å²) < 4.78 is 40.5. The van der Waals surface area contributed by atoms with Crippen molar-refractivity contribution in [3.05, 3.63) is 88.0 Å². The van der Waals surface area contributed by atoms with E-state index in [9.17, 15) is 5.11 Å². The Kier molecular flexibility index (Phi) is 9.09. The van der Waals surface area contributed by atoms with E-state index in [0.29, 0.717) is 35.2 Å². The van der Waals surface area contributed by atoms with Crippen LogP contribution < -0.4 is 33.2 Å². The Morgan fingerprint density at radius 1 is 0.673 bits per heavy atom. The molecule has 2 atom stereocenters. The number of hydrogen-bond acceptors (Lipinski definition) is 10. The smallest absolute Gasteiger partial charge is 0.231 e. The van der Waals surface area contributed by atoms with Gasteiger partial charge in [-0.2, -0.15) is 0 Å². The zero-order chi connectivity index (χ0) is 34.2. The van der Waals surface area contributed by atoms with Gasteiger partial charge in [0, 0.05) is 36.3 Å². The van der Waals surface area contributed by atoms with Crippen molar-refractivity contribution < 1.29 is 38.3 Å². The third-order valence-corrected chi connectivity index (χ3v) is 10.2. The minimum Gasteiger partial charge on any atom is -0.504 e. The zero-order valence-electron chi connectivity index (χ0n) is 29.0. The van der Waals surface area contributed by atoms with E-state index in [1.165, 1.54) is 16.7 Å². The zero-order valence-corrected chi connectivity index (χ0v) is 29.0. The summed E-state index contributed by atoms with van der Waals surface area (Å²) in [5.74, 6) is 5.32. The molecule has 3 heterocycles. The lowest BCUT2D eigenvalue weighted by molar-refractivity contribution is 0.171. The van der Waals surface area contributed by atoms with Gasteiger partial charge in [-0.05, 0) is 98.4 Å². The fourth-order valence-corrected chi connectivity index (χ4v) is 7.52. The normalized spacial score (nSPS) is 18.4. The van der Waals surface area contributed by atoms with E-state index in [0.717, 1.165) is 66.3 Å². The van der Waals surface area contributed by atoms with Gasteiger partial charge in [-0.3, -0.25) is 9.80 Å². The van der Waals surface area contributed by atoms with Crippen LogP contribution in [0.4, 0.5) is 0 Å². The Morgan fingerprint density at radius 3 is 1.98 bits per heavy atom. The van der Waals surface area contributed by atoms with Crippen LogP contribution in [0, 0.1) is 0 Å². The number of hydrogen-bond donors (Lipinski definition) is 1. The monoisotopic (exact) mass is 668 g/mol. The van der Waals surface area contributed by atoms with Gasteiger partial charge in [0.15, 0.2) is 34.5 Å². The fraction of sp³-hybridized carbons (Fsp3) is 0.385. The van der Waals surface area contributed by atoms with E-state index >= 15 is 0 Å². The highest BCUT2D eigenvalue weighted by Gasteiger charge is 2.34. The molecule has 3 aliphatic rings. The first-order valence-corrected chi connectivity index (χ1v) is 16.6. The Labute approximate surface area is 287 Å². The summed E-state index contributed by atoms with van der Waals surface area (Å²) in [4.78, 5) is 4.70. The second-order valence-corrected chi connectivity index (χ2v) is 12.9. The Balaban J connectivity index is 1.11. The molecule has 0 saturated heterocycles. The molecule has 10 heteroatoms. The molecular weight excluding hydrogens is 624 g/mol. The summed E-state index contributed by atoms with van der Waals surface area (Å²) in [6.07, 6.45) is 3.16. The van der Waals surface area contributed by atoms with Gasteiger partial charge in [-0.25, -0.2) is 0 Å². The minimum atomic E-state index is 0.0261. The molecule has 0 radical (unpaired) electrons. The number of nitrogens with zero attached hydrogens (tertiary/aromatic N) is 2. The molecule has 0 aliphatic carbocycles. The summed E-state index contributed by atoms with van der Waals surface area (Å²) in [5, 5.41) is 11.0. The van der Waals surface area contributed by atoms with Gasteiger partial charge < -0.3 is 38.3 Å². The van der Waals surface area contributed by atoms with E-state index in [4.69, 9.17) is 33.2 Å². The first kappa shape index (κ1) is 32.7. The quantitative estimate of drug-likeness (QED) is 0.202. The third-order valence-electron chi connectivity index (χ3n) is 10.2. The van der Waals surface area contributed by atoms with Crippen LogP contribution in [0.2, 0.25) is 0 Å². The first-order valence-electron chi connectivity index (χ1n) is 16.6. The maximum absolute atomic E-state index is 11.0. The van der Waals surface area contributed by atoms with Crippen molar-refractivity contribution in [1.29, 1.82) is 0 Å². The average molecular weight is 669 g/mol. The summed E-state index contributed by atoms with van der Waals surface area (Å²) in [7, 11) is 10.8. The number of methoxy groups -OCH3 is 4. The molecule has 0 unspecified atom stereocenters. The molecule has 0 spiro atoms. The second kappa shape index (κ2) is 13.6. The lowest BCUT2D eigenvalue weighted by Crippen LogP contribution is -2.33. The average Bonchev–Trinajstić information content (AvgIpc) is 3.59. The molecule has 258 valence electrons. The van der Waals surface area contributed by atoms with E-state index in [-0.39, 0.29) is 24.6 Å². The maximum atomic E-state index is 11.0. The number of phenols is 1. The van der Waals surface area contributed by atoms with Crippen LogP contribution in [-0.4, -0.2) is 77.3 Å². The second-order valence-electron chi connectivity index (χ2n) is 12.9. The van der Waals surface area contributed by atoms with Gasteiger partial charge in [0.1, 0.15) is 5.75 Å². The Morgan fingerprint density at radius 2 is 1.31 bits per heavy atom. The van der Waals surface area contributed by atoms with Gasteiger partial charge >= 0.3 is 0 Å². The first-order chi connectivity index (χ1) is 23.8. The SMILES string of the molecule is COc1ccc(C[C@H]2c3cc(OC)c(OC)c(O)c3CCN2C)cc1Oc1ccc(C[C@H]2c3cc4c(c(OC)c3CCN2C)OCO4)cc1. The number of likely N-dealkylation sites (N-methyl/N-ethyl adjacent to an activating group) is 2. The predicted octanol–water partition coefficient (Wildman–Crippen LogP) is 6.49. The molecule has 4 aromatic rings. The van der Waals surface area contributed by atoms with Crippen LogP contribution in [0.1, 0.15) is 45.5 Å². The molecule has 4 aromatic carbocycles. The van der Waals surface area contributed by atoms with Crippen LogP contribution in [0.5, 0.6) is 51.7 Å². The lowest BCUT2D eigenvalue weighted by Gasteiger charge is -2.36. The minimum absolute atomic E-state index is 0.0261. The topological polar surface area (TPSA) is 91.3 Å². The van der Waals surface area contributed by atoms with E-state index < -0.39 is 0 Å². The number of phenolic OH excluding ortho intramolecular Hbond substituents is 1. The molecule has 0 saturated carbocycles. The predicted molar refractivity (Wildman–Crippen MR) is 185 cm³/mol.